The zero-order valence-electron chi connectivity index (χ0n) is 15.7. The molecule has 1 amide bonds. The SMILES string of the molecule is CCOc1cccc2[nH]cc(CC(=O)NC3CC(C)(C)OC3(C)C)c12. The molecule has 3 rings (SSSR count). The van der Waals surface area contributed by atoms with E-state index in [4.69, 9.17) is 9.47 Å². The minimum Gasteiger partial charge on any atom is -0.493 e. The van der Waals surface area contributed by atoms with Gasteiger partial charge in [0, 0.05) is 17.1 Å². The first-order valence-electron chi connectivity index (χ1n) is 8.93. The number of benzene rings is 1. The van der Waals surface area contributed by atoms with E-state index in [1.807, 2.05) is 45.2 Å². The number of carbonyl (C=O) groups is 1. The van der Waals surface area contributed by atoms with Crippen LogP contribution in [-0.2, 0) is 16.0 Å². The van der Waals surface area contributed by atoms with Crippen LogP contribution in [0.15, 0.2) is 24.4 Å². The number of H-pyrrole nitrogens is 1. The van der Waals surface area contributed by atoms with Crippen LogP contribution in [0.5, 0.6) is 5.75 Å². The Bertz CT molecular complexity index is 776. The molecule has 1 aromatic heterocycles. The van der Waals surface area contributed by atoms with Crippen molar-refractivity contribution in [3.05, 3.63) is 30.0 Å². The summed E-state index contributed by atoms with van der Waals surface area (Å²) < 4.78 is 11.8. The van der Waals surface area contributed by atoms with E-state index in [0.29, 0.717) is 13.0 Å². The fraction of sp³-hybridized carbons (Fsp3) is 0.550. The Morgan fingerprint density at radius 2 is 2.12 bits per heavy atom. The van der Waals surface area contributed by atoms with Gasteiger partial charge < -0.3 is 19.8 Å². The normalized spacial score (nSPS) is 21.4. The monoisotopic (exact) mass is 344 g/mol. The van der Waals surface area contributed by atoms with E-state index in [1.54, 1.807) is 0 Å². The van der Waals surface area contributed by atoms with Gasteiger partial charge in [-0.25, -0.2) is 0 Å². The number of carbonyl (C=O) groups excluding carboxylic acids is 1. The topological polar surface area (TPSA) is 63.4 Å². The van der Waals surface area contributed by atoms with Gasteiger partial charge in [-0.05, 0) is 58.7 Å². The third-order valence-corrected chi connectivity index (χ3v) is 4.81. The van der Waals surface area contributed by atoms with Gasteiger partial charge >= 0.3 is 0 Å². The molecule has 0 radical (unpaired) electrons. The molecule has 1 fully saturated rings. The summed E-state index contributed by atoms with van der Waals surface area (Å²) in [5, 5.41) is 4.15. The lowest BCUT2D eigenvalue weighted by atomic mass is 9.94. The standard InChI is InChI=1S/C20H28N2O3/c1-6-24-15-9-7-8-14-18(15)13(12-21-14)10-17(23)22-16-11-19(2,3)25-20(16,4)5/h7-9,12,16,21H,6,10-11H2,1-5H3,(H,22,23). The van der Waals surface area contributed by atoms with Crippen LogP contribution in [0.4, 0.5) is 0 Å². The highest BCUT2D eigenvalue weighted by Gasteiger charge is 2.46. The number of hydrogen-bond donors (Lipinski definition) is 2. The maximum atomic E-state index is 12.7. The van der Waals surface area contributed by atoms with E-state index in [-0.39, 0.29) is 23.2 Å². The Balaban J connectivity index is 1.77. The number of amides is 1. The van der Waals surface area contributed by atoms with E-state index in [9.17, 15) is 4.79 Å². The molecule has 25 heavy (non-hydrogen) atoms. The zero-order chi connectivity index (χ0) is 18.2. The summed E-state index contributed by atoms with van der Waals surface area (Å²) >= 11 is 0. The second-order valence-corrected chi connectivity index (χ2v) is 7.89. The minimum atomic E-state index is -0.365. The summed E-state index contributed by atoms with van der Waals surface area (Å²) in [6.07, 6.45) is 3.02. The quantitative estimate of drug-likeness (QED) is 0.871. The average molecular weight is 344 g/mol. The zero-order valence-corrected chi connectivity index (χ0v) is 15.7. The molecule has 1 saturated heterocycles. The lowest BCUT2D eigenvalue weighted by molar-refractivity contribution is -0.123. The molecule has 5 nitrogen and oxygen atoms in total. The molecular weight excluding hydrogens is 316 g/mol. The number of hydrogen-bond acceptors (Lipinski definition) is 3. The predicted octanol–water partition coefficient (Wildman–Crippen LogP) is 3.57. The third-order valence-electron chi connectivity index (χ3n) is 4.81. The second kappa shape index (κ2) is 6.37. The van der Waals surface area contributed by atoms with Gasteiger partial charge in [0.2, 0.25) is 5.91 Å². The molecule has 1 aromatic carbocycles. The Morgan fingerprint density at radius 1 is 1.36 bits per heavy atom. The number of fused-ring (bicyclic) bond motifs is 1. The van der Waals surface area contributed by atoms with Crippen molar-refractivity contribution in [1.29, 1.82) is 0 Å². The van der Waals surface area contributed by atoms with Gasteiger partial charge in [-0.15, -0.1) is 0 Å². The van der Waals surface area contributed by atoms with Crippen molar-refractivity contribution in [1.82, 2.24) is 10.3 Å². The van der Waals surface area contributed by atoms with Crippen LogP contribution in [0.1, 0.15) is 46.6 Å². The summed E-state index contributed by atoms with van der Waals surface area (Å²) in [6, 6.07) is 5.90. The highest BCUT2D eigenvalue weighted by Crippen LogP contribution is 2.37. The van der Waals surface area contributed by atoms with Crippen molar-refractivity contribution in [2.24, 2.45) is 0 Å². The smallest absolute Gasteiger partial charge is 0.224 e. The van der Waals surface area contributed by atoms with Gasteiger partial charge in [0.05, 0.1) is 30.3 Å². The number of aromatic nitrogens is 1. The van der Waals surface area contributed by atoms with E-state index >= 15 is 0 Å². The predicted molar refractivity (Wildman–Crippen MR) is 99.0 cm³/mol. The Hall–Kier alpha value is -2.01. The molecule has 1 unspecified atom stereocenters. The molecule has 136 valence electrons. The minimum absolute atomic E-state index is 0.00608. The van der Waals surface area contributed by atoms with Gasteiger partial charge in [0.15, 0.2) is 0 Å². The molecule has 1 aliphatic rings. The van der Waals surface area contributed by atoms with E-state index in [2.05, 4.69) is 24.1 Å². The fourth-order valence-corrected chi connectivity index (χ4v) is 3.84. The molecular formula is C20H28N2O3. The summed E-state index contributed by atoms with van der Waals surface area (Å²) in [6.45, 7) is 10.8. The van der Waals surface area contributed by atoms with E-state index in [0.717, 1.165) is 28.6 Å². The van der Waals surface area contributed by atoms with Gasteiger partial charge in [-0.3, -0.25) is 4.79 Å². The molecule has 2 N–H and O–H groups in total. The molecule has 1 atom stereocenters. The molecule has 0 bridgehead atoms. The molecule has 5 heteroatoms. The first-order chi connectivity index (χ1) is 11.7. The number of ether oxygens (including phenoxy) is 2. The van der Waals surface area contributed by atoms with Crippen molar-refractivity contribution < 1.29 is 14.3 Å². The Morgan fingerprint density at radius 3 is 2.76 bits per heavy atom. The second-order valence-electron chi connectivity index (χ2n) is 7.89. The van der Waals surface area contributed by atoms with Crippen LogP contribution in [0.2, 0.25) is 0 Å². The van der Waals surface area contributed by atoms with Crippen LogP contribution in [0, 0.1) is 0 Å². The van der Waals surface area contributed by atoms with Crippen LogP contribution < -0.4 is 10.1 Å². The van der Waals surface area contributed by atoms with Crippen LogP contribution >= 0.6 is 0 Å². The van der Waals surface area contributed by atoms with Crippen molar-refractivity contribution in [2.75, 3.05) is 6.61 Å². The summed E-state index contributed by atoms with van der Waals surface area (Å²) in [5.74, 6) is 0.821. The van der Waals surface area contributed by atoms with Crippen molar-refractivity contribution >= 4 is 16.8 Å². The molecule has 0 aliphatic carbocycles. The van der Waals surface area contributed by atoms with E-state index < -0.39 is 0 Å². The van der Waals surface area contributed by atoms with Gasteiger partial charge in [0.25, 0.3) is 0 Å². The maximum Gasteiger partial charge on any atom is 0.224 e. The Kier molecular flexibility index (Phi) is 4.54. The number of nitrogens with one attached hydrogen (secondary N) is 2. The Labute approximate surface area is 149 Å². The number of rotatable bonds is 5. The molecule has 0 spiro atoms. The first-order valence-corrected chi connectivity index (χ1v) is 8.93. The molecule has 2 heterocycles. The highest BCUT2D eigenvalue weighted by atomic mass is 16.5. The summed E-state index contributed by atoms with van der Waals surface area (Å²) in [7, 11) is 0. The van der Waals surface area contributed by atoms with Gasteiger partial charge in [-0.1, -0.05) is 6.07 Å². The molecule has 1 aliphatic heterocycles. The van der Waals surface area contributed by atoms with Gasteiger partial charge in [0.1, 0.15) is 5.75 Å². The van der Waals surface area contributed by atoms with Crippen LogP contribution in [-0.4, -0.2) is 34.7 Å². The lowest BCUT2D eigenvalue weighted by Crippen LogP contribution is -2.46. The molecule has 0 saturated carbocycles. The third kappa shape index (κ3) is 3.66. The van der Waals surface area contributed by atoms with Crippen LogP contribution in [0.25, 0.3) is 10.9 Å². The van der Waals surface area contributed by atoms with Crippen LogP contribution in [0.3, 0.4) is 0 Å². The van der Waals surface area contributed by atoms with E-state index in [1.165, 1.54) is 0 Å². The fourth-order valence-electron chi connectivity index (χ4n) is 3.84. The lowest BCUT2D eigenvalue weighted by Gasteiger charge is -2.27. The number of aromatic amines is 1. The average Bonchev–Trinajstić information content (AvgIpc) is 2.98. The van der Waals surface area contributed by atoms with Crippen molar-refractivity contribution in [3.8, 4) is 5.75 Å². The largest absolute Gasteiger partial charge is 0.493 e. The van der Waals surface area contributed by atoms with Crippen molar-refractivity contribution in [2.45, 2.75) is 64.7 Å². The summed E-state index contributed by atoms with van der Waals surface area (Å²) in [5.41, 5.74) is 1.35. The van der Waals surface area contributed by atoms with Gasteiger partial charge in [-0.2, -0.15) is 0 Å². The summed E-state index contributed by atoms with van der Waals surface area (Å²) in [4.78, 5) is 15.9. The van der Waals surface area contributed by atoms with Crippen molar-refractivity contribution in [3.63, 3.8) is 0 Å². The molecule has 2 aromatic rings. The highest BCUT2D eigenvalue weighted by molar-refractivity contribution is 5.93. The maximum absolute atomic E-state index is 12.7. The first kappa shape index (κ1) is 17.8.